The lowest BCUT2D eigenvalue weighted by atomic mass is 10.3. The Labute approximate surface area is 116 Å². The lowest BCUT2D eigenvalue weighted by Crippen LogP contribution is -2.20. The van der Waals surface area contributed by atoms with Gasteiger partial charge in [0.2, 0.25) is 0 Å². The van der Waals surface area contributed by atoms with Crippen molar-refractivity contribution in [3.05, 3.63) is 29.7 Å². The van der Waals surface area contributed by atoms with Gasteiger partial charge in [-0.25, -0.2) is 9.78 Å². The number of hydrogen-bond acceptors (Lipinski definition) is 4. The summed E-state index contributed by atoms with van der Waals surface area (Å²) in [4.78, 5) is 17.9. The molecule has 1 saturated heterocycles. The molecule has 0 amide bonds. The zero-order chi connectivity index (χ0) is 14.1. The highest BCUT2D eigenvalue weighted by molar-refractivity contribution is 5.93. The minimum Gasteiger partial charge on any atom is -0.482 e. The van der Waals surface area contributed by atoms with Crippen LogP contribution >= 0.6 is 0 Å². The number of aromatic carboxylic acids is 1. The van der Waals surface area contributed by atoms with E-state index in [2.05, 4.69) is 9.88 Å². The van der Waals surface area contributed by atoms with Crippen molar-refractivity contribution < 1.29 is 14.6 Å². The van der Waals surface area contributed by atoms with Crippen LogP contribution in [-0.2, 0) is 6.54 Å². The maximum absolute atomic E-state index is 11.3. The second-order valence-electron chi connectivity index (χ2n) is 4.95. The number of ether oxygens (including phenoxy) is 1. The molecule has 1 fully saturated rings. The molecule has 3 heterocycles. The maximum Gasteiger partial charge on any atom is 0.356 e. The standard InChI is InChI=1S/C14H17N3O3/c1-20-12-6-4-5-10-13(14(18)19)15-11(17(10)12)9-16-7-2-3-8-16/h4-6H,2-3,7-9H2,1H3,(H,18,19). The van der Waals surface area contributed by atoms with Crippen LogP contribution in [0.4, 0.5) is 0 Å². The molecule has 2 aromatic heterocycles. The van der Waals surface area contributed by atoms with Gasteiger partial charge in [0.05, 0.1) is 19.2 Å². The predicted octanol–water partition coefficient (Wildman–Crippen LogP) is 1.64. The molecule has 1 aliphatic rings. The van der Waals surface area contributed by atoms with Gasteiger partial charge in [0, 0.05) is 0 Å². The van der Waals surface area contributed by atoms with Crippen LogP contribution < -0.4 is 4.74 Å². The Balaban J connectivity index is 2.11. The van der Waals surface area contributed by atoms with Gasteiger partial charge in [0.15, 0.2) is 11.6 Å². The Bertz CT molecular complexity index is 644. The number of rotatable bonds is 4. The molecule has 20 heavy (non-hydrogen) atoms. The summed E-state index contributed by atoms with van der Waals surface area (Å²) in [6.07, 6.45) is 2.37. The molecule has 0 unspecified atom stereocenters. The summed E-state index contributed by atoms with van der Waals surface area (Å²) in [6.45, 7) is 2.72. The Morgan fingerprint density at radius 2 is 2.15 bits per heavy atom. The van der Waals surface area contributed by atoms with Crippen LogP contribution in [0.25, 0.3) is 5.52 Å². The van der Waals surface area contributed by atoms with E-state index < -0.39 is 5.97 Å². The van der Waals surface area contributed by atoms with E-state index in [9.17, 15) is 9.90 Å². The summed E-state index contributed by atoms with van der Waals surface area (Å²) in [5.74, 6) is 0.317. The average Bonchev–Trinajstić information content (AvgIpc) is 3.07. The first-order valence-corrected chi connectivity index (χ1v) is 6.70. The fourth-order valence-electron chi connectivity index (χ4n) is 2.74. The van der Waals surface area contributed by atoms with Gasteiger partial charge in [0.25, 0.3) is 0 Å². The van der Waals surface area contributed by atoms with Gasteiger partial charge in [0.1, 0.15) is 5.82 Å². The number of imidazole rings is 1. The zero-order valence-electron chi connectivity index (χ0n) is 11.4. The monoisotopic (exact) mass is 275 g/mol. The number of fused-ring (bicyclic) bond motifs is 1. The van der Waals surface area contributed by atoms with E-state index in [1.807, 2.05) is 6.07 Å². The molecule has 0 saturated carbocycles. The highest BCUT2D eigenvalue weighted by Gasteiger charge is 2.21. The largest absolute Gasteiger partial charge is 0.482 e. The summed E-state index contributed by atoms with van der Waals surface area (Å²) in [5, 5.41) is 9.29. The van der Waals surface area contributed by atoms with Crippen molar-refractivity contribution in [1.29, 1.82) is 0 Å². The molecular formula is C14H17N3O3. The molecule has 0 aliphatic carbocycles. The molecule has 0 bridgehead atoms. The molecule has 1 aliphatic heterocycles. The quantitative estimate of drug-likeness (QED) is 0.918. The van der Waals surface area contributed by atoms with E-state index in [1.54, 1.807) is 23.6 Å². The highest BCUT2D eigenvalue weighted by atomic mass is 16.5. The third-order valence-corrected chi connectivity index (χ3v) is 3.67. The number of nitrogens with zero attached hydrogens (tertiary/aromatic N) is 3. The second-order valence-corrected chi connectivity index (χ2v) is 4.95. The van der Waals surface area contributed by atoms with Crippen LogP contribution in [-0.4, -0.2) is 45.6 Å². The third-order valence-electron chi connectivity index (χ3n) is 3.67. The zero-order valence-corrected chi connectivity index (χ0v) is 11.4. The van der Waals surface area contributed by atoms with Crippen molar-refractivity contribution in [2.45, 2.75) is 19.4 Å². The minimum atomic E-state index is -1.01. The van der Waals surface area contributed by atoms with Crippen LogP contribution in [0.3, 0.4) is 0 Å². The summed E-state index contributed by atoms with van der Waals surface area (Å²) in [6, 6.07) is 5.35. The molecule has 2 aromatic rings. The minimum absolute atomic E-state index is 0.0816. The van der Waals surface area contributed by atoms with E-state index in [1.165, 1.54) is 12.8 Å². The highest BCUT2D eigenvalue weighted by Crippen LogP contribution is 2.23. The van der Waals surface area contributed by atoms with Gasteiger partial charge in [-0.2, -0.15) is 0 Å². The summed E-state index contributed by atoms with van der Waals surface area (Å²) in [5.41, 5.74) is 0.657. The molecule has 106 valence electrons. The first-order valence-electron chi connectivity index (χ1n) is 6.70. The van der Waals surface area contributed by atoms with Crippen molar-refractivity contribution in [3.8, 4) is 5.88 Å². The number of carbonyl (C=O) groups is 1. The van der Waals surface area contributed by atoms with Gasteiger partial charge in [-0.1, -0.05) is 6.07 Å². The number of likely N-dealkylation sites (tertiary alicyclic amines) is 1. The molecular weight excluding hydrogens is 258 g/mol. The Kier molecular flexibility index (Phi) is 3.31. The molecule has 6 nitrogen and oxygen atoms in total. The predicted molar refractivity (Wildman–Crippen MR) is 73.2 cm³/mol. The molecule has 0 atom stereocenters. The molecule has 3 rings (SSSR count). The topological polar surface area (TPSA) is 67.1 Å². The van der Waals surface area contributed by atoms with Gasteiger partial charge in [-0.15, -0.1) is 0 Å². The van der Waals surface area contributed by atoms with E-state index in [4.69, 9.17) is 4.74 Å². The summed E-state index contributed by atoms with van der Waals surface area (Å²) >= 11 is 0. The third kappa shape index (κ3) is 2.12. The van der Waals surface area contributed by atoms with Crippen LogP contribution in [0.1, 0.15) is 29.2 Å². The van der Waals surface area contributed by atoms with Crippen molar-refractivity contribution in [2.24, 2.45) is 0 Å². The van der Waals surface area contributed by atoms with Crippen molar-refractivity contribution in [1.82, 2.24) is 14.3 Å². The van der Waals surface area contributed by atoms with Gasteiger partial charge in [-0.3, -0.25) is 9.30 Å². The lowest BCUT2D eigenvalue weighted by Gasteiger charge is -2.14. The fourth-order valence-corrected chi connectivity index (χ4v) is 2.74. The number of carboxylic acids is 1. The molecule has 1 N–H and O–H groups in total. The Morgan fingerprint density at radius 1 is 1.40 bits per heavy atom. The summed E-state index contributed by atoms with van der Waals surface area (Å²) in [7, 11) is 1.58. The van der Waals surface area contributed by atoms with Crippen molar-refractivity contribution in [3.63, 3.8) is 0 Å². The van der Waals surface area contributed by atoms with Gasteiger partial charge < -0.3 is 9.84 Å². The number of methoxy groups -OCH3 is 1. The van der Waals surface area contributed by atoms with Crippen molar-refractivity contribution >= 4 is 11.5 Å². The van der Waals surface area contributed by atoms with Gasteiger partial charge >= 0.3 is 5.97 Å². The van der Waals surface area contributed by atoms with Crippen LogP contribution in [0.15, 0.2) is 18.2 Å². The first kappa shape index (κ1) is 12.9. The maximum atomic E-state index is 11.3. The van der Waals surface area contributed by atoms with E-state index >= 15 is 0 Å². The molecule has 0 aromatic carbocycles. The van der Waals surface area contributed by atoms with E-state index in [0.29, 0.717) is 17.9 Å². The Hall–Kier alpha value is -2.08. The normalized spacial score (nSPS) is 15.8. The molecule has 6 heteroatoms. The van der Waals surface area contributed by atoms with Crippen LogP contribution in [0, 0.1) is 0 Å². The Morgan fingerprint density at radius 3 is 2.80 bits per heavy atom. The smallest absolute Gasteiger partial charge is 0.356 e. The lowest BCUT2D eigenvalue weighted by molar-refractivity contribution is 0.0693. The molecule has 0 spiro atoms. The fraction of sp³-hybridized carbons (Fsp3) is 0.429. The van der Waals surface area contributed by atoms with Crippen LogP contribution in [0.2, 0.25) is 0 Å². The average molecular weight is 275 g/mol. The van der Waals surface area contributed by atoms with Crippen molar-refractivity contribution in [2.75, 3.05) is 20.2 Å². The number of hydrogen-bond donors (Lipinski definition) is 1. The summed E-state index contributed by atoms with van der Waals surface area (Å²) < 4.78 is 7.13. The number of pyridine rings is 1. The molecule has 0 radical (unpaired) electrons. The number of carboxylic acid groups (broad SMARTS) is 1. The van der Waals surface area contributed by atoms with E-state index in [-0.39, 0.29) is 5.69 Å². The van der Waals surface area contributed by atoms with E-state index in [0.717, 1.165) is 18.9 Å². The van der Waals surface area contributed by atoms with Crippen LogP contribution in [0.5, 0.6) is 5.88 Å². The van der Waals surface area contributed by atoms with Gasteiger partial charge in [-0.05, 0) is 38.1 Å². The first-order chi connectivity index (χ1) is 9.70. The second kappa shape index (κ2) is 5.13. The number of aromatic nitrogens is 2. The SMILES string of the molecule is COc1cccc2c(C(=O)O)nc(CN3CCCC3)n12.